The molecule has 212 valence electrons. The summed E-state index contributed by atoms with van der Waals surface area (Å²) in [6.07, 6.45) is 12.2. The first-order chi connectivity index (χ1) is 19.0. The number of nitrogens with zero attached hydrogens (tertiary/aromatic N) is 4. The second kappa shape index (κ2) is 16.2. The number of rotatable bonds is 17. The molecule has 0 saturated heterocycles. The zero-order chi connectivity index (χ0) is 28.0. The van der Waals surface area contributed by atoms with Crippen molar-refractivity contribution in [2.75, 3.05) is 27.2 Å². The number of fused-ring (bicyclic) bond motifs is 1. The predicted octanol–water partition coefficient (Wildman–Crippen LogP) is 7.15. The molecule has 0 bridgehead atoms. The second-order valence-electron chi connectivity index (χ2n) is 10.9. The van der Waals surface area contributed by atoms with Gasteiger partial charge in [0.05, 0.1) is 22.6 Å². The van der Waals surface area contributed by atoms with Crippen LogP contribution in [0.5, 0.6) is 0 Å². The van der Waals surface area contributed by atoms with Gasteiger partial charge in [-0.25, -0.2) is 4.98 Å². The van der Waals surface area contributed by atoms with Crippen LogP contribution in [0, 0.1) is 0 Å². The third-order valence-electron chi connectivity index (χ3n) is 7.48. The second-order valence-corrected chi connectivity index (χ2v) is 10.9. The van der Waals surface area contributed by atoms with E-state index in [2.05, 4.69) is 18.7 Å². The van der Waals surface area contributed by atoms with Crippen molar-refractivity contribution in [1.82, 2.24) is 19.4 Å². The lowest BCUT2D eigenvalue weighted by molar-refractivity contribution is -0.134. The maximum absolute atomic E-state index is 13.8. The van der Waals surface area contributed by atoms with E-state index < -0.39 is 0 Å². The van der Waals surface area contributed by atoms with Crippen LogP contribution in [0.1, 0.15) is 96.3 Å². The third-order valence-corrected chi connectivity index (χ3v) is 7.48. The van der Waals surface area contributed by atoms with E-state index in [0.29, 0.717) is 36.1 Å². The number of unbranched alkanes of at least 4 members (excludes halogenated alkanes) is 8. The van der Waals surface area contributed by atoms with E-state index in [9.17, 15) is 9.59 Å². The van der Waals surface area contributed by atoms with Gasteiger partial charge in [-0.05, 0) is 51.2 Å². The number of amides is 1. The van der Waals surface area contributed by atoms with Gasteiger partial charge in [0.2, 0.25) is 5.91 Å². The van der Waals surface area contributed by atoms with Gasteiger partial charge in [-0.15, -0.1) is 0 Å². The van der Waals surface area contributed by atoms with Crippen LogP contribution in [0.15, 0.2) is 59.4 Å². The summed E-state index contributed by atoms with van der Waals surface area (Å²) in [5.74, 6) is 0.778. The highest BCUT2D eigenvalue weighted by Gasteiger charge is 2.28. The Bertz CT molecular complexity index is 1210. The highest BCUT2D eigenvalue weighted by Crippen LogP contribution is 2.27. The lowest BCUT2D eigenvalue weighted by Gasteiger charge is -2.33. The third kappa shape index (κ3) is 8.76. The fourth-order valence-corrected chi connectivity index (χ4v) is 5.23. The van der Waals surface area contributed by atoms with Gasteiger partial charge < -0.3 is 9.80 Å². The monoisotopic (exact) mass is 532 g/mol. The molecule has 1 atom stereocenters. The largest absolute Gasteiger partial charge is 0.331 e. The Morgan fingerprint density at radius 1 is 0.821 bits per heavy atom. The molecule has 6 heteroatoms. The molecule has 0 aliphatic heterocycles. The van der Waals surface area contributed by atoms with Gasteiger partial charge in [0.25, 0.3) is 5.56 Å². The normalized spacial score (nSPS) is 12.2. The molecule has 1 aromatic heterocycles. The van der Waals surface area contributed by atoms with E-state index in [1.54, 1.807) is 4.57 Å². The van der Waals surface area contributed by atoms with Crippen molar-refractivity contribution in [3.8, 4) is 5.69 Å². The lowest BCUT2D eigenvalue weighted by Crippen LogP contribution is -2.41. The molecule has 0 N–H and O–H groups in total. The van der Waals surface area contributed by atoms with Crippen molar-refractivity contribution in [2.24, 2.45) is 0 Å². The minimum absolute atomic E-state index is 0.0980. The Balaban J connectivity index is 1.85. The highest BCUT2D eigenvalue weighted by molar-refractivity contribution is 5.79. The molecule has 0 aliphatic carbocycles. The van der Waals surface area contributed by atoms with Crippen LogP contribution in [-0.4, -0.2) is 52.4 Å². The van der Waals surface area contributed by atoms with Crippen molar-refractivity contribution >= 4 is 16.8 Å². The van der Waals surface area contributed by atoms with Crippen LogP contribution in [0.2, 0.25) is 0 Å². The first kappa shape index (κ1) is 30.6. The number of hydrogen-bond acceptors (Lipinski definition) is 4. The van der Waals surface area contributed by atoms with Crippen molar-refractivity contribution in [3.63, 3.8) is 0 Å². The fourth-order valence-electron chi connectivity index (χ4n) is 5.23. The Morgan fingerprint density at radius 2 is 1.44 bits per heavy atom. The maximum atomic E-state index is 13.8. The number of aromatic nitrogens is 2. The summed E-state index contributed by atoms with van der Waals surface area (Å²) in [7, 11) is 4.05. The Labute approximate surface area is 235 Å². The van der Waals surface area contributed by atoms with Gasteiger partial charge in [-0.1, -0.05) is 95.5 Å². The molecular weight excluding hydrogens is 484 g/mol. The predicted molar refractivity (Wildman–Crippen MR) is 162 cm³/mol. The number of carbonyl (C=O) groups excluding carboxylic acids is 1. The van der Waals surface area contributed by atoms with Crippen molar-refractivity contribution in [3.05, 3.63) is 70.8 Å². The summed E-state index contributed by atoms with van der Waals surface area (Å²) in [6, 6.07) is 16.9. The van der Waals surface area contributed by atoms with Crippen LogP contribution in [0.3, 0.4) is 0 Å². The number of carbonyl (C=O) groups is 1. The van der Waals surface area contributed by atoms with Crippen molar-refractivity contribution in [2.45, 2.75) is 90.5 Å². The molecule has 1 heterocycles. The summed E-state index contributed by atoms with van der Waals surface area (Å²) in [6.45, 7) is 5.68. The smallest absolute Gasteiger partial charge is 0.266 e. The van der Waals surface area contributed by atoms with E-state index in [0.717, 1.165) is 25.1 Å². The molecule has 0 spiro atoms. The quantitative estimate of drug-likeness (QED) is 0.173. The van der Waals surface area contributed by atoms with Crippen molar-refractivity contribution in [1.29, 1.82) is 0 Å². The minimum atomic E-state index is -0.298. The summed E-state index contributed by atoms with van der Waals surface area (Å²) < 4.78 is 1.71. The van der Waals surface area contributed by atoms with E-state index in [4.69, 9.17) is 4.98 Å². The van der Waals surface area contributed by atoms with Crippen LogP contribution >= 0.6 is 0 Å². The van der Waals surface area contributed by atoms with Gasteiger partial charge in [0, 0.05) is 19.5 Å². The van der Waals surface area contributed by atoms with E-state index in [-0.39, 0.29) is 17.5 Å². The van der Waals surface area contributed by atoms with Gasteiger partial charge in [-0.3, -0.25) is 14.2 Å². The SMILES string of the molecule is CCCCCCCCCCCC(=O)N(CCN(C)C)C(CC)c1nc2ccccc2c(=O)n1-c1ccccc1. The summed E-state index contributed by atoms with van der Waals surface area (Å²) in [5.41, 5.74) is 1.34. The van der Waals surface area contributed by atoms with Crippen LogP contribution in [-0.2, 0) is 4.79 Å². The first-order valence-corrected chi connectivity index (χ1v) is 15.0. The molecule has 3 aromatic rings. The molecule has 39 heavy (non-hydrogen) atoms. The molecule has 1 unspecified atom stereocenters. The van der Waals surface area contributed by atoms with E-state index in [1.165, 1.54) is 44.9 Å². The highest BCUT2D eigenvalue weighted by atomic mass is 16.2. The average Bonchev–Trinajstić information content (AvgIpc) is 2.94. The molecular formula is C33H48N4O2. The Hall–Kier alpha value is -2.99. The van der Waals surface area contributed by atoms with E-state index in [1.807, 2.05) is 73.6 Å². The maximum Gasteiger partial charge on any atom is 0.266 e. The van der Waals surface area contributed by atoms with Gasteiger partial charge in [-0.2, -0.15) is 0 Å². The lowest BCUT2D eigenvalue weighted by atomic mass is 10.1. The molecule has 3 rings (SSSR count). The van der Waals surface area contributed by atoms with Gasteiger partial charge >= 0.3 is 0 Å². The Kier molecular flexibility index (Phi) is 12.7. The molecule has 0 fully saturated rings. The van der Waals surface area contributed by atoms with Crippen LogP contribution < -0.4 is 5.56 Å². The molecule has 2 aromatic carbocycles. The van der Waals surface area contributed by atoms with E-state index >= 15 is 0 Å². The average molecular weight is 533 g/mol. The number of para-hydroxylation sites is 2. The van der Waals surface area contributed by atoms with Crippen molar-refractivity contribution < 1.29 is 4.79 Å². The molecule has 0 aliphatic rings. The standard InChI is InChI=1S/C33H48N4O2/c1-5-7-8-9-10-11-12-13-17-24-31(38)36(26-25-35(3)4)30(6-2)32-34-29-23-19-18-22-28(29)33(39)37(32)27-20-15-14-16-21-27/h14-16,18-23,30H,5-13,17,24-26H2,1-4H3. The summed E-state index contributed by atoms with van der Waals surface area (Å²) in [4.78, 5) is 36.6. The fraction of sp³-hybridized carbons (Fsp3) is 0.545. The zero-order valence-electron chi connectivity index (χ0n) is 24.6. The molecule has 6 nitrogen and oxygen atoms in total. The molecule has 1 amide bonds. The number of likely N-dealkylation sites (N-methyl/N-ethyl adjacent to an activating group) is 1. The topological polar surface area (TPSA) is 58.4 Å². The molecule has 0 saturated carbocycles. The molecule has 0 radical (unpaired) electrons. The zero-order valence-corrected chi connectivity index (χ0v) is 24.6. The van der Waals surface area contributed by atoms with Crippen LogP contribution in [0.4, 0.5) is 0 Å². The minimum Gasteiger partial charge on any atom is -0.331 e. The van der Waals surface area contributed by atoms with Gasteiger partial charge in [0.15, 0.2) is 0 Å². The number of hydrogen-bond donors (Lipinski definition) is 0. The first-order valence-electron chi connectivity index (χ1n) is 15.0. The van der Waals surface area contributed by atoms with Gasteiger partial charge in [0.1, 0.15) is 5.82 Å². The number of benzene rings is 2. The van der Waals surface area contributed by atoms with Crippen LogP contribution in [0.25, 0.3) is 16.6 Å². The summed E-state index contributed by atoms with van der Waals surface area (Å²) >= 11 is 0. The summed E-state index contributed by atoms with van der Waals surface area (Å²) in [5, 5.41) is 0.584. The Morgan fingerprint density at radius 3 is 2.08 bits per heavy atom.